The van der Waals surface area contributed by atoms with E-state index in [-0.39, 0.29) is 5.75 Å². The summed E-state index contributed by atoms with van der Waals surface area (Å²) in [4.78, 5) is 10.3. The summed E-state index contributed by atoms with van der Waals surface area (Å²) in [6.45, 7) is 0. The van der Waals surface area contributed by atoms with Crippen molar-refractivity contribution in [2.45, 2.75) is 44.1 Å². The van der Waals surface area contributed by atoms with Crippen molar-refractivity contribution in [3.63, 3.8) is 0 Å². The van der Waals surface area contributed by atoms with E-state index in [4.69, 9.17) is 13.8 Å². The summed E-state index contributed by atoms with van der Waals surface area (Å²) < 4.78 is 28.9. The Hall–Kier alpha value is -1.03. The second kappa shape index (κ2) is 5.51. The van der Waals surface area contributed by atoms with Crippen LogP contribution in [0.3, 0.4) is 0 Å². The molecule has 126 valence electrons. The van der Waals surface area contributed by atoms with Crippen LogP contribution in [0, 0.1) is 17.8 Å². The van der Waals surface area contributed by atoms with E-state index in [1.165, 1.54) is 26.4 Å². The molecule has 5 rings (SSSR count). The average Bonchev–Trinajstić information content (AvgIpc) is 2.44. The summed E-state index contributed by atoms with van der Waals surface area (Å²) in [5, 5.41) is 0. The van der Waals surface area contributed by atoms with Crippen LogP contribution in [0.15, 0.2) is 24.3 Å². The van der Waals surface area contributed by atoms with Gasteiger partial charge >= 0.3 is 7.82 Å². The summed E-state index contributed by atoms with van der Waals surface area (Å²) >= 11 is 0. The Morgan fingerprint density at radius 2 is 1.57 bits per heavy atom. The van der Waals surface area contributed by atoms with Gasteiger partial charge in [-0.05, 0) is 68.4 Å². The minimum atomic E-state index is -4.18. The van der Waals surface area contributed by atoms with Crippen LogP contribution in [0.4, 0.5) is 0 Å². The van der Waals surface area contributed by atoms with Gasteiger partial charge in [-0.1, -0.05) is 12.1 Å². The molecule has 23 heavy (non-hydrogen) atoms. The smallest absolute Gasteiger partial charge is 0.493 e. The largest absolute Gasteiger partial charge is 0.528 e. The van der Waals surface area contributed by atoms with Crippen LogP contribution in [-0.4, -0.2) is 17.6 Å². The second-order valence-corrected chi connectivity index (χ2v) is 8.70. The maximum absolute atomic E-state index is 12.6. The molecule has 4 aliphatic carbocycles. The second-order valence-electron chi connectivity index (χ2n) is 7.40. The molecule has 4 saturated carbocycles. The van der Waals surface area contributed by atoms with E-state index in [0.717, 1.165) is 19.3 Å². The van der Waals surface area contributed by atoms with Gasteiger partial charge in [0.25, 0.3) is 0 Å². The van der Waals surface area contributed by atoms with E-state index in [2.05, 4.69) is 0 Å². The molecule has 0 amide bonds. The fourth-order valence-corrected chi connectivity index (χ4v) is 6.37. The van der Waals surface area contributed by atoms with Gasteiger partial charge < -0.3 is 9.26 Å². The lowest BCUT2D eigenvalue weighted by Gasteiger charge is -2.55. The highest BCUT2D eigenvalue weighted by Crippen LogP contribution is 2.62. The molecule has 6 heteroatoms. The van der Waals surface area contributed by atoms with Gasteiger partial charge in [-0.15, -0.1) is 0 Å². The van der Waals surface area contributed by atoms with Crippen molar-refractivity contribution < 1.29 is 23.2 Å². The van der Waals surface area contributed by atoms with E-state index < -0.39 is 13.4 Å². The third kappa shape index (κ3) is 3.02. The number of rotatable bonds is 5. The van der Waals surface area contributed by atoms with E-state index in [9.17, 15) is 9.46 Å². The van der Waals surface area contributed by atoms with Gasteiger partial charge in [0.1, 0.15) is 0 Å². The van der Waals surface area contributed by atoms with Gasteiger partial charge in [-0.3, -0.25) is 9.42 Å². The monoisotopic (exact) mass is 338 g/mol. The summed E-state index contributed by atoms with van der Waals surface area (Å²) in [7, 11) is -2.68. The maximum Gasteiger partial charge on any atom is 0.528 e. The molecule has 0 heterocycles. The van der Waals surface area contributed by atoms with Crippen molar-refractivity contribution in [2.24, 2.45) is 17.8 Å². The lowest BCUT2D eigenvalue weighted by Crippen LogP contribution is -2.51. The summed E-state index contributed by atoms with van der Waals surface area (Å²) in [6, 6.07) is 6.83. The van der Waals surface area contributed by atoms with Crippen molar-refractivity contribution in [3.8, 4) is 11.5 Å². The Bertz CT molecular complexity index is 608. The first-order valence-electron chi connectivity index (χ1n) is 8.33. The zero-order valence-corrected chi connectivity index (χ0v) is 14.2. The third-order valence-corrected chi connectivity index (χ3v) is 6.62. The molecule has 1 N–H and O–H groups in total. The Morgan fingerprint density at radius 3 is 2.09 bits per heavy atom. The molecule has 1 unspecified atom stereocenters. The standard InChI is InChI=1S/C17H23O5P/c1-20-15-4-2-3-5-16(15)21-23(18,19)22-17-9-12-6-13(10-17)8-14(7-12)11-17/h2-5,12-14H,6-11H2,1H3,(H,18,19). The first-order valence-corrected chi connectivity index (χ1v) is 9.83. The number of hydrogen-bond acceptors (Lipinski definition) is 4. The molecule has 1 aromatic rings. The molecular weight excluding hydrogens is 315 g/mol. The molecule has 0 spiro atoms. The number of para-hydroxylation sites is 2. The van der Waals surface area contributed by atoms with E-state index >= 15 is 0 Å². The van der Waals surface area contributed by atoms with Crippen LogP contribution in [0.2, 0.25) is 0 Å². The molecular formula is C17H23O5P. The van der Waals surface area contributed by atoms with Crippen LogP contribution >= 0.6 is 7.82 Å². The minimum Gasteiger partial charge on any atom is -0.493 e. The minimum absolute atomic E-state index is 0.241. The van der Waals surface area contributed by atoms with Crippen molar-refractivity contribution in [2.75, 3.05) is 7.11 Å². The topological polar surface area (TPSA) is 65.0 Å². The maximum atomic E-state index is 12.6. The van der Waals surface area contributed by atoms with Gasteiger partial charge in [-0.2, -0.15) is 0 Å². The van der Waals surface area contributed by atoms with Crippen molar-refractivity contribution in [1.82, 2.24) is 0 Å². The van der Waals surface area contributed by atoms with Crippen molar-refractivity contribution >= 4 is 7.82 Å². The SMILES string of the molecule is COc1ccccc1OP(=O)(O)OC12CC3CC(CC(C3)C1)C2. The first kappa shape index (κ1) is 15.5. The van der Waals surface area contributed by atoms with Gasteiger partial charge in [0, 0.05) is 0 Å². The van der Waals surface area contributed by atoms with Gasteiger partial charge in [0.15, 0.2) is 11.5 Å². The Morgan fingerprint density at radius 1 is 1.04 bits per heavy atom. The van der Waals surface area contributed by atoms with Gasteiger partial charge in [0.05, 0.1) is 12.7 Å². The predicted molar refractivity (Wildman–Crippen MR) is 85.4 cm³/mol. The highest BCUT2D eigenvalue weighted by molar-refractivity contribution is 7.47. The number of phosphoric acid groups is 1. The highest BCUT2D eigenvalue weighted by Gasteiger charge is 2.54. The molecule has 4 fully saturated rings. The summed E-state index contributed by atoms with van der Waals surface area (Å²) in [5.74, 6) is 2.61. The quantitative estimate of drug-likeness (QED) is 0.817. The molecule has 4 aliphatic rings. The molecule has 1 atom stereocenters. The number of ether oxygens (including phenoxy) is 1. The Kier molecular flexibility index (Phi) is 3.71. The lowest BCUT2D eigenvalue weighted by atomic mass is 9.54. The lowest BCUT2D eigenvalue weighted by molar-refractivity contribution is -0.116. The molecule has 1 aromatic carbocycles. The van der Waals surface area contributed by atoms with Crippen LogP contribution in [0.5, 0.6) is 11.5 Å². The number of phosphoric ester groups is 1. The number of methoxy groups -OCH3 is 1. The zero-order chi connectivity index (χ0) is 16.1. The molecule has 5 nitrogen and oxygen atoms in total. The van der Waals surface area contributed by atoms with Crippen molar-refractivity contribution in [1.29, 1.82) is 0 Å². The molecule has 0 radical (unpaired) electrons. The first-order chi connectivity index (χ1) is 11.0. The van der Waals surface area contributed by atoms with E-state index in [1.807, 2.05) is 0 Å². The molecule has 4 bridgehead atoms. The molecule has 0 aliphatic heterocycles. The van der Waals surface area contributed by atoms with E-state index in [0.29, 0.717) is 23.5 Å². The summed E-state index contributed by atoms with van der Waals surface area (Å²) in [6.07, 6.45) is 6.43. The van der Waals surface area contributed by atoms with Crippen LogP contribution < -0.4 is 9.26 Å². The zero-order valence-electron chi connectivity index (χ0n) is 13.3. The number of benzene rings is 1. The average molecular weight is 338 g/mol. The van der Waals surface area contributed by atoms with Crippen LogP contribution in [0.1, 0.15) is 38.5 Å². The van der Waals surface area contributed by atoms with Crippen molar-refractivity contribution in [3.05, 3.63) is 24.3 Å². The molecule has 0 aromatic heterocycles. The van der Waals surface area contributed by atoms with Crippen LogP contribution in [-0.2, 0) is 9.09 Å². The number of hydrogen-bond donors (Lipinski definition) is 1. The fourth-order valence-electron chi connectivity index (χ4n) is 5.22. The molecule has 0 saturated heterocycles. The third-order valence-electron chi connectivity index (χ3n) is 5.57. The Labute approximate surface area is 136 Å². The fraction of sp³-hybridized carbons (Fsp3) is 0.647. The van der Waals surface area contributed by atoms with E-state index in [1.54, 1.807) is 24.3 Å². The van der Waals surface area contributed by atoms with Crippen LogP contribution in [0.25, 0.3) is 0 Å². The van der Waals surface area contributed by atoms with Gasteiger partial charge in [-0.25, -0.2) is 4.57 Å². The predicted octanol–water partition coefficient (Wildman–Crippen LogP) is 4.16. The summed E-state index contributed by atoms with van der Waals surface area (Å²) in [5.41, 5.74) is -0.471. The highest BCUT2D eigenvalue weighted by atomic mass is 31.2. The Balaban J connectivity index is 1.52. The normalized spacial score (nSPS) is 37.4. The van der Waals surface area contributed by atoms with Gasteiger partial charge in [0.2, 0.25) is 0 Å².